The van der Waals surface area contributed by atoms with Gasteiger partial charge >= 0.3 is 18.0 Å². The number of aliphatic hydroxyl groups is 4. The van der Waals surface area contributed by atoms with Crippen LogP contribution >= 0.6 is 11.3 Å². The third kappa shape index (κ3) is 17.8. The summed E-state index contributed by atoms with van der Waals surface area (Å²) in [5.74, 6) is -6.61. The fourth-order valence-corrected chi connectivity index (χ4v) is 18.0. The lowest BCUT2D eigenvalue weighted by molar-refractivity contribution is -0.242. The van der Waals surface area contributed by atoms with E-state index in [0.717, 1.165) is 70.5 Å². The number of nitrogens with two attached hydrogens (primary N) is 1. The van der Waals surface area contributed by atoms with Gasteiger partial charge in [-0.05, 0) is 165 Å². The van der Waals surface area contributed by atoms with Crippen LogP contribution in [-0.4, -0.2) is 204 Å². The molecule has 5 fully saturated rings. The van der Waals surface area contributed by atoms with E-state index in [4.69, 9.17) is 29.9 Å². The first-order chi connectivity index (χ1) is 50.4. The number of imide groups is 1. The highest BCUT2D eigenvalue weighted by atomic mass is 32.1. The Labute approximate surface area is 616 Å². The first-order valence-corrected chi connectivity index (χ1v) is 36.6. The third-order valence-corrected chi connectivity index (χ3v) is 22.1. The fraction of sp³-hybridized carbons (Fsp3) is 0.500. The fourth-order valence-electron chi connectivity index (χ4n) is 17.1. The molecule has 2 unspecified atom stereocenters. The van der Waals surface area contributed by atoms with E-state index in [2.05, 4.69) is 40.1 Å². The number of hydrogen-bond donors (Lipinski definition) is 11. The normalized spacial score (nSPS) is 24.9. The van der Waals surface area contributed by atoms with Gasteiger partial charge in [0.05, 0.1) is 47.3 Å². The number of aliphatic hydroxyl groups excluding tert-OH is 4. The van der Waals surface area contributed by atoms with Crippen LogP contribution in [0, 0.1) is 22.2 Å². The lowest BCUT2D eigenvalue weighted by Crippen LogP contribution is -2.64. The number of nitrogens with zero attached hydrogens (tertiary/aromatic N) is 6. The Kier molecular flexibility index (Phi) is 23.6. The molecule has 0 spiro atoms. The molecule has 3 aromatic carbocycles. The van der Waals surface area contributed by atoms with E-state index in [1.54, 1.807) is 50.2 Å². The number of pyridine rings is 1. The zero-order chi connectivity index (χ0) is 76.2. The maximum absolute atomic E-state index is 14.4. The zero-order valence-corrected chi connectivity index (χ0v) is 61.0. The highest BCUT2D eigenvalue weighted by molar-refractivity contribution is 7.22. The predicted octanol–water partition coefficient (Wildman–Crippen LogP) is 5.89. The average Bonchev–Trinajstić information content (AvgIpc) is 0.749. The Morgan fingerprint density at radius 2 is 1.59 bits per heavy atom. The third-order valence-electron chi connectivity index (χ3n) is 21.1. The number of thiazole rings is 1. The maximum Gasteiger partial charge on any atom is 0.410 e. The molecule has 1 saturated heterocycles. The van der Waals surface area contributed by atoms with Crippen LogP contribution in [0.3, 0.4) is 0 Å². The molecule has 3 aliphatic heterocycles. The molecule has 29 nitrogen and oxygen atoms in total. The largest absolute Gasteiger partial charge is 0.479 e. The number of aliphatic carboxylic acids is 1. The first kappa shape index (κ1) is 77.5. The summed E-state index contributed by atoms with van der Waals surface area (Å²) >= 11 is 1.39. The lowest BCUT2D eigenvalue weighted by atomic mass is 9.39. The number of anilines is 3. The summed E-state index contributed by atoms with van der Waals surface area (Å²) in [4.78, 5) is 136. The minimum atomic E-state index is -1.71. The van der Waals surface area contributed by atoms with E-state index in [0.29, 0.717) is 77.0 Å². The van der Waals surface area contributed by atoms with Crippen LogP contribution in [0.25, 0.3) is 15.8 Å². The Bertz CT molecular complexity index is 4260. The number of hydrogen-bond acceptors (Lipinski definition) is 22. The van der Waals surface area contributed by atoms with Crippen molar-refractivity contribution < 1.29 is 88.0 Å². The van der Waals surface area contributed by atoms with Crippen molar-refractivity contribution in [3.63, 3.8) is 0 Å². The second-order valence-electron chi connectivity index (χ2n) is 30.2. The van der Waals surface area contributed by atoms with Crippen molar-refractivity contribution in [3.05, 3.63) is 130 Å². The SMILES string of the molecule is CC(=NCC12CC3(C)CC(C)(C1)CC(OCCN(CC[C@H](O)CO)C(=O)OCc1ccc(NC(=O)[C@H](C)NC(=O)[C@@H](NC(=O)CN4C(=O)C=CC4=O)C(C)C)cc1CC[C@H]1C[C@@H](O)[C@H](O)[C@@H](C(=O)O)O1)(C3)C2)C(=CN)c1ccc(N2CCc3cccc(C(=O)Nc4nc5ccccc5s4)c3C2)nc1C(=O)O. The molecule has 7 amide bonds. The number of carbonyl (C=O) groups excluding carboxylic acids is 7. The van der Waals surface area contributed by atoms with Crippen molar-refractivity contribution in [3.8, 4) is 0 Å². The number of carbonyl (C=O) groups is 9. The van der Waals surface area contributed by atoms with Crippen LogP contribution in [0.2, 0.25) is 0 Å². The number of aromatic nitrogens is 2. The van der Waals surface area contributed by atoms with Gasteiger partial charge in [-0.1, -0.05) is 69.4 Å². The van der Waals surface area contributed by atoms with Gasteiger partial charge in [-0.2, -0.15) is 0 Å². The van der Waals surface area contributed by atoms with Gasteiger partial charge in [0.15, 0.2) is 16.9 Å². The summed E-state index contributed by atoms with van der Waals surface area (Å²) in [6.45, 7) is 10.9. The molecule has 7 aliphatic rings. The summed E-state index contributed by atoms with van der Waals surface area (Å²) in [6, 6.07) is 19.2. The number of nitrogens with one attached hydrogen (secondary N) is 4. The molecule has 2 aromatic heterocycles. The second kappa shape index (κ2) is 32.3. The molecule has 4 saturated carbocycles. The molecule has 12 rings (SSSR count). The number of fused-ring (bicyclic) bond motifs is 2. The summed E-state index contributed by atoms with van der Waals surface area (Å²) in [5, 5.41) is 73.4. The quantitative estimate of drug-likeness (QED) is 0.0189. The molecule has 566 valence electrons. The number of aromatic carboxylic acids is 1. The molecule has 9 atom stereocenters. The molecule has 0 radical (unpaired) electrons. The van der Waals surface area contributed by atoms with Gasteiger partial charge in [0.2, 0.25) is 17.7 Å². The van der Waals surface area contributed by atoms with Crippen molar-refractivity contribution in [1.29, 1.82) is 0 Å². The van der Waals surface area contributed by atoms with Gasteiger partial charge in [0, 0.05) is 85.6 Å². The van der Waals surface area contributed by atoms with E-state index in [1.165, 1.54) is 29.4 Å². The van der Waals surface area contributed by atoms with Crippen LogP contribution in [0.1, 0.15) is 148 Å². The van der Waals surface area contributed by atoms with Crippen LogP contribution in [-0.2, 0) is 69.0 Å². The van der Waals surface area contributed by atoms with Gasteiger partial charge in [-0.25, -0.2) is 24.4 Å². The van der Waals surface area contributed by atoms with Crippen molar-refractivity contribution in [2.75, 3.05) is 61.5 Å². The van der Waals surface area contributed by atoms with Gasteiger partial charge in [0.1, 0.15) is 37.2 Å². The number of rotatable bonds is 30. The van der Waals surface area contributed by atoms with Gasteiger partial charge in [-0.15, -0.1) is 0 Å². The number of aliphatic imine (C=N–C) groups is 1. The molecule has 106 heavy (non-hydrogen) atoms. The minimum Gasteiger partial charge on any atom is -0.479 e. The predicted molar refractivity (Wildman–Crippen MR) is 391 cm³/mol. The van der Waals surface area contributed by atoms with Gasteiger partial charge < -0.3 is 76.3 Å². The molecule has 4 bridgehead atoms. The van der Waals surface area contributed by atoms with E-state index in [1.807, 2.05) is 48.2 Å². The minimum absolute atomic E-state index is 0.00459. The van der Waals surface area contributed by atoms with Gasteiger partial charge in [-0.3, -0.25) is 44.0 Å². The van der Waals surface area contributed by atoms with Gasteiger partial charge in [0.25, 0.3) is 17.7 Å². The van der Waals surface area contributed by atoms with Crippen LogP contribution in [0.4, 0.5) is 21.4 Å². The van der Waals surface area contributed by atoms with Crippen LogP contribution < -0.4 is 31.9 Å². The zero-order valence-electron chi connectivity index (χ0n) is 60.2. The number of para-hydroxylation sites is 1. The van der Waals surface area contributed by atoms with Crippen molar-refractivity contribution in [2.24, 2.45) is 32.9 Å². The molecule has 4 aliphatic carbocycles. The number of carboxylic acids is 2. The number of allylic oxidation sites excluding steroid dienone is 1. The Hall–Kier alpha value is -9.56. The first-order valence-electron chi connectivity index (χ1n) is 35.7. The number of ether oxygens (including phenoxy) is 3. The lowest BCUT2D eigenvalue weighted by Gasteiger charge is -2.69. The van der Waals surface area contributed by atoms with Crippen LogP contribution in [0.5, 0.6) is 0 Å². The highest BCUT2D eigenvalue weighted by Crippen LogP contribution is 2.71. The molecule has 5 heterocycles. The Morgan fingerprint density at radius 1 is 0.858 bits per heavy atom. The van der Waals surface area contributed by atoms with E-state index in [9.17, 15) is 73.8 Å². The highest BCUT2D eigenvalue weighted by Gasteiger charge is 2.66. The molecule has 12 N–H and O–H groups in total. The van der Waals surface area contributed by atoms with Crippen molar-refractivity contribution >= 4 is 103 Å². The molecular weight excluding hydrogens is 1390 g/mol. The topological polar surface area (TPSA) is 425 Å². The number of carboxylic acid groups (broad SMARTS) is 2. The second-order valence-corrected chi connectivity index (χ2v) is 31.3. The summed E-state index contributed by atoms with van der Waals surface area (Å²) < 4.78 is 19.7. The Morgan fingerprint density at radius 3 is 2.28 bits per heavy atom. The summed E-state index contributed by atoms with van der Waals surface area (Å²) in [5.41, 5.74) is 10.5. The summed E-state index contributed by atoms with van der Waals surface area (Å²) in [6.07, 6.45) is 1.40. The van der Waals surface area contributed by atoms with Crippen molar-refractivity contribution in [1.82, 2.24) is 30.4 Å². The molecule has 5 aromatic rings. The number of benzene rings is 3. The Balaban J connectivity index is 0.749. The average molecular weight is 1480 g/mol. The molecule has 30 heteroatoms. The number of amides is 7. The number of aryl methyl sites for hydroxylation is 1. The van der Waals surface area contributed by atoms with Crippen LogP contribution in [0.15, 0.2) is 96.1 Å². The summed E-state index contributed by atoms with van der Waals surface area (Å²) in [7, 11) is 0. The maximum atomic E-state index is 14.4. The smallest absolute Gasteiger partial charge is 0.410 e. The standard InChI is InChI=1S/C76H93N11O18S/c1-42(2)62(83-59(91)32-87-60(92)20-21-61(87)93)68(97)79-44(4)66(95)80-48-16-14-47(46(28-48)15-17-50-29-56(90)64(94)65(105-50)70(100)101)34-103-72(102)85(25-23-49(89)33-88)26-27-104-76-38-73(5)35-74(6,39-76)37-75(36-73,40-76)41-78-43(3)53(30-77)51-18-19-58(82-63(51)69(98)99)86-24-22-45-10-9-11-52(54(45)31-86)67(96)84-71-81-55-12-7-8-13-57(55)106-71/h7-14,16,18-21,28,30,42,44,49-50,56,62,64-65,88-90,94H,15,17,22-27,29,31-41,77H2,1-6H3,(H,79,97)(H,80,95)(H,83,91)(H,98,99)(H,100,101)(H,81,84,96)/t44-,49-,50-,56+,62-,64-,65-,73?,74?,75?,76?/m0/s1. The van der Waals surface area contributed by atoms with E-state index < -0.39 is 115 Å². The molecular formula is C76H93N11O18S. The monoisotopic (exact) mass is 1480 g/mol. The van der Waals surface area contributed by atoms with Crippen molar-refractivity contribution in [2.45, 2.75) is 174 Å². The van der Waals surface area contributed by atoms with E-state index in [-0.39, 0.29) is 85.5 Å². The van der Waals surface area contributed by atoms with E-state index >= 15 is 0 Å².